The van der Waals surface area contributed by atoms with Gasteiger partial charge in [0.2, 0.25) is 0 Å². The van der Waals surface area contributed by atoms with Crippen molar-refractivity contribution >= 4 is 17.0 Å². The zero-order valence-corrected chi connectivity index (χ0v) is 15.9. The third kappa shape index (κ3) is 3.98. The average molecular weight is 391 g/mol. The molecule has 0 bridgehead atoms. The van der Waals surface area contributed by atoms with Crippen molar-refractivity contribution in [3.63, 3.8) is 0 Å². The summed E-state index contributed by atoms with van der Waals surface area (Å²) in [5.41, 5.74) is 0.000402. The largest absolute Gasteiger partial charge is 0.497 e. The molecule has 0 spiro atoms. The maximum Gasteiger partial charge on any atom is 0.419 e. The number of carbonyl (C=O) groups excluding carboxylic acids is 1. The Balaban J connectivity index is 2.17. The van der Waals surface area contributed by atoms with Crippen LogP contribution in [0.4, 0.5) is 18.0 Å². The molecule has 3 rings (SSSR count). The second kappa shape index (κ2) is 6.89. The molecule has 0 radical (unpaired) electrons. The van der Waals surface area contributed by atoms with Crippen LogP contribution in [0.1, 0.15) is 26.3 Å². The number of hydrogen-bond donors (Lipinski definition) is 0. The zero-order valence-electron chi connectivity index (χ0n) is 15.9. The van der Waals surface area contributed by atoms with Crippen LogP contribution in [-0.4, -0.2) is 23.4 Å². The van der Waals surface area contributed by atoms with Crippen molar-refractivity contribution in [1.29, 1.82) is 0 Å². The third-order valence-corrected chi connectivity index (χ3v) is 4.09. The lowest BCUT2D eigenvalue weighted by atomic mass is 10.1. The number of methoxy groups -OCH3 is 1. The van der Waals surface area contributed by atoms with E-state index in [1.54, 1.807) is 45.0 Å². The topological polar surface area (TPSA) is 40.5 Å². The minimum atomic E-state index is -4.43. The van der Waals surface area contributed by atoms with Gasteiger partial charge in [0.15, 0.2) is 0 Å². The van der Waals surface area contributed by atoms with Crippen molar-refractivity contribution in [1.82, 2.24) is 4.57 Å². The van der Waals surface area contributed by atoms with Crippen LogP contribution in [0, 0.1) is 0 Å². The molecule has 2 aromatic carbocycles. The fourth-order valence-corrected chi connectivity index (χ4v) is 2.87. The maximum atomic E-state index is 12.9. The quantitative estimate of drug-likeness (QED) is 0.528. The summed E-state index contributed by atoms with van der Waals surface area (Å²) in [6.07, 6.45) is -5.04. The van der Waals surface area contributed by atoms with Crippen LogP contribution >= 0.6 is 0 Å². The van der Waals surface area contributed by atoms with Crippen LogP contribution in [0.15, 0.2) is 48.5 Å². The normalized spacial score (nSPS) is 12.2. The number of rotatable bonds is 2. The van der Waals surface area contributed by atoms with Gasteiger partial charge in [-0.15, -0.1) is 0 Å². The number of aromatic nitrogens is 1. The van der Waals surface area contributed by atoms with Crippen LogP contribution in [0.2, 0.25) is 0 Å². The molecule has 0 N–H and O–H groups in total. The first-order chi connectivity index (χ1) is 13.0. The molecule has 0 saturated carbocycles. The van der Waals surface area contributed by atoms with E-state index in [-0.39, 0.29) is 0 Å². The van der Waals surface area contributed by atoms with E-state index < -0.39 is 23.4 Å². The highest BCUT2D eigenvalue weighted by atomic mass is 19.4. The first-order valence-corrected chi connectivity index (χ1v) is 8.60. The molecule has 0 fully saturated rings. The summed E-state index contributed by atoms with van der Waals surface area (Å²) in [4.78, 5) is 12.8. The maximum absolute atomic E-state index is 12.9. The number of fused-ring (bicyclic) bond motifs is 1. The Hall–Kier alpha value is -2.96. The molecule has 7 heteroatoms. The molecular weight excluding hydrogens is 371 g/mol. The summed E-state index contributed by atoms with van der Waals surface area (Å²) in [5, 5.41) is 0.708. The van der Waals surface area contributed by atoms with Crippen molar-refractivity contribution < 1.29 is 27.4 Å². The van der Waals surface area contributed by atoms with E-state index in [2.05, 4.69) is 0 Å². The van der Waals surface area contributed by atoms with Crippen LogP contribution in [0.5, 0.6) is 5.75 Å². The highest BCUT2D eigenvalue weighted by Crippen LogP contribution is 2.34. The Morgan fingerprint density at radius 1 is 0.964 bits per heavy atom. The first-order valence-electron chi connectivity index (χ1n) is 8.60. The number of alkyl halides is 3. The van der Waals surface area contributed by atoms with Gasteiger partial charge < -0.3 is 9.47 Å². The van der Waals surface area contributed by atoms with E-state index in [4.69, 9.17) is 9.47 Å². The SMILES string of the molecule is COc1ccc2c(c1)cc(-c1ccc(C(F)(F)F)cc1)n2C(=O)OC(C)(C)C. The number of ether oxygens (including phenoxy) is 2. The third-order valence-electron chi connectivity index (χ3n) is 4.09. The standard InChI is InChI=1S/C21H20F3NO3/c1-20(2,3)28-19(26)25-17-10-9-16(27-4)11-14(17)12-18(25)13-5-7-15(8-6-13)21(22,23)24/h5-12H,1-4H3. The number of benzene rings is 2. The van der Waals surface area contributed by atoms with Crippen molar-refractivity contribution in [2.75, 3.05) is 7.11 Å². The molecule has 0 aliphatic heterocycles. The molecule has 0 saturated heterocycles. The molecule has 1 aromatic heterocycles. The van der Waals surface area contributed by atoms with E-state index in [9.17, 15) is 18.0 Å². The number of carbonyl (C=O) groups is 1. The van der Waals surface area contributed by atoms with Gasteiger partial charge in [-0.1, -0.05) is 12.1 Å². The second-order valence-corrected chi connectivity index (χ2v) is 7.35. The molecule has 0 amide bonds. The van der Waals surface area contributed by atoms with E-state index >= 15 is 0 Å². The molecular formula is C21H20F3NO3. The molecule has 3 aromatic rings. The van der Waals surface area contributed by atoms with E-state index in [1.165, 1.54) is 23.8 Å². The summed E-state index contributed by atoms with van der Waals surface area (Å²) in [5.74, 6) is 0.604. The molecule has 0 aliphatic carbocycles. The lowest BCUT2D eigenvalue weighted by Gasteiger charge is -2.21. The number of hydrogen-bond acceptors (Lipinski definition) is 3. The smallest absolute Gasteiger partial charge is 0.419 e. The fraction of sp³-hybridized carbons (Fsp3) is 0.286. The lowest BCUT2D eigenvalue weighted by molar-refractivity contribution is -0.137. The van der Waals surface area contributed by atoms with Crippen molar-refractivity contribution in [3.8, 4) is 17.0 Å². The molecule has 148 valence electrons. The van der Waals surface area contributed by atoms with E-state index in [1.807, 2.05) is 0 Å². The Morgan fingerprint density at radius 3 is 2.14 bits per heavy atom. The van der Waals surface area contributed by atoms with Gasteiger partial charge in [0.1, 0.15) is 11.4 Å². The Morgan fingerprint density at radius 2 is 1.61 bits per heavy atom. The highest BCUT2D eigenvalue weighted by molar-refractivity contribution is 5.96. The monoisotopic (exact) mass is 391 g/mol. The van der Waals surface area contributed by atoms with Gasteiger partial charge in [0.25, 0.3) is 0 Å². The molecule has 28 heavy (non-hydrogen) atoms. The molecule has 4 nitrogen and oxygen atoms in total. The molecule has 0 atom stereocenters. The molecule has 1 heterocycles. The Labute approximate surface area is 160 Å². The summed E-state index contributed by atoms with van der Waals surface area (Å²) >= 11 is 0. The van der Waals surface area contributed by atoms with Crippen molar-refractivity contribution in [3.05, 3.63) is 54.1 Å². The Kier molecular flexibility index (Phi) is 4.87. The highest BCUT2D eigenvalue weighted by Gasteiger charge is 2.30. The number of nitrogens with zero attached hydrogens (tertiary/aromatic N) is 1. The van der Waals surface area contributed by atoms with Gasteiger partial charge in [-0.05, 0) is 62.7 Å². The van der Waals surface area contributed by atoms with Crippen molar-refractivity contribution in [2.24, 2.45) is 0 Å². The number of halogens is 3. The summed E-state index contributed by atoms with van der Waals surface area (Å²) in [7, 11) is 1.53. The second-order valence-electron chi connectivity index (χ2n) is 7.35. The predicted molar refractivity (Wildman–Crippen MR) is 101 cm³/mol. The molecule has 0 unspecified atom stereocenters. The first kappa shape index (κ1) is 19.8. The van der Waals surface area contributed by atoms with E-state index in [0.29, 0.717) is 27.9 Å². The molecule has 0 aliphatic rings. The van der Waals surface area contributed by atoms with Crippen LogP contribution in [-0.2, 0) is 10.9 Å². The van der Waals surface area contributed by atoms with E-state index in [0.717, 1.165) is 12.1 Å². The van der Waals surface area contributed by atoms with Crippen LogP contribution < -0.4 is 4.74 Å². The fourth-order valence-electron chi connectivity index (χ4n) is 2.87. The summed E-state index contributed by atoms with van der Waals surface area (Å²) in [6.45, 7) is 5.24. The summed E-state index contributed by atoms with van der Waals surface area (Å²) < 4.78 is 50.7. The van der Waals surface area contributed by atoms with Crippen LogP contribution in [0.25, 0.3) is 22.2 Å². The summed E-state index contributed by atoms with van der Waals surface area (Å²) in [6, 6.07) is 11.6. The van der Waals surface area contributed by atoms with Gasteiger partial charge in [-0.3, -0.25) is 0 Å². The van der Waals surface area contributed by atoms with Crippen LogP contribution in [0.3, 0.4) is 0 Å². The average Bonchev–Trinajstić information content (AvgIpc) is 2.98. The minimum absolute atomic E-state index is 0.436. The van der Waals surface area contributed by atoms with Gasteiger partial charge >= 0.3 is 12.3 Å². The van der Waals surface area contributed by atoms with Gasteiger partial charge in [-0.2, -0.15) is 13.2 Å². The zero-order chi connectivity index (χ0) is 20.7. The predicted octanol–water partition coefficient (Wildman–Crippen LogP) is 6.12. The van der Waals surface area contributed by atoms with Gasteiger partial charge in [-0.25, -0.2) is 9.36 Å². The van der Waals surface area contributed by atoms with Crippen molar-refractivity contribution in [2.45, 2.75) is 32.5 Å². The Bertz CT molecular complexity index is 1010. The lowest BCUT2D eigenvalue weighted by Crippen LogP contribution is -2.27. The van der Waals surface area contributed by atoms with Gasteiger partial charge in [0.05, 0.1) is 23.9 Å². The van der Waals surface area contributed by atoms with Gasteiger partial charge in [0, 0.05) is 5.39 Å². The minimum Gasteiger partial charge on any atom is -0.497 e.